The minimum Gasteiger partial charge on any atom is -0.504 e. The van der Waals surface area contributed by atoms with Crippen LogP contribution in [0.25, 0.3) is 0 Å². The predicted molar refractivity (Wildman–Crippen MR) is 107 cm³/mol. The zero-order valence-corrected chi connectivity index (χ0v) is 16.6. The molecule has 0 spiro atoms. The Morgan fingerprint density at radius 1 is 1.07 bits per heavy atom. The van der Waals surface area contributed by atoms with E-state index >= 15 is 0 Å². The number of hydrogen-bond donors (Lipinski definition) is 1. The summed E-state index contributed by atoms with van der Waals surface area (Å²) in [7, 11) is 1.49. The number of ether oxygens (including phenoxy) is 1. The molecule has 30 heavy (non-hydrogen) atoms. The Bertz CT molecular complexity index is 1030. The number of fused-ring (bicyclic) bond motifs is 1. The van der Waals surface area contributed by atoms with Gasteiger partial charge in [0.15, 0.2) is 11.5 Å². The lowest BCUT2D eigenvalue weighted by Gasteiger charge is -2.31. The lowest BCUT2D eigenvalue weighted by Crippen LogP contribution is -2.29. The molecule has 2 heterocycles. The van der Waals surface area contributed by atoms with E-state index < -0.39 is 11.7 Å². The van der Waals surface area contributed by atoms with E-state index in [1.54, 1.807) is 18.2 Å². The second-order valence-corrected chi connectivity index (χ2v) is 7.48. The lowest BCUT2D eigenvalue weighted by molar-refractivity contribution is -0.137. The van der Waals surface area contributed by atoms with Gasteiger partial charge >= 0.3 is 6.18 Å². The first-order chi connectivity index (χ1) is 14.4. The number of aromatic hydroxyl groups is 1. The maximum atomic E-state index is 13.4. The van der Waals surface area contributed by atoms with Gasteiger partial charge in [-0.2, -0.15) is 13.2 Å². The third kappa shape index (κ3) is 4.03. The number of benzene rings is 2. The number of aryl methyl sites for hydroxylation is 1. The summed E-state index contributed by atoms with van der Waals surface area (Å²) in [6.07, 6.45) is -1.55. The molecule has 1 aliphatic rings. The molecule has 158 valence electrons. The SMILES string of the molecule is COc1ccc(CN2CCCn3cccc3C2c2cccc(C(F)(F)F)c2)cc1O. The molecule has 0 fully saturated rings. The first-order valence-corrected chi connectivity index (χ1v) is 9.79. The van der Waals surface area contributed by atoms with E-state index in [0.717, 1.165) is 36.8 Å². The number of halogens is 3. The molecule has 1 aromatic heterocycles. The molecule has 1 unspecified atom stereocenters. The second-order valence-electron chi connectivity index (χ2n) is 7.48. The Hall–Kier alpha value is -2.93. The topological polar surface area (TPSA) is 37.6 Å². The smallest absolute Gasteiger partial charge is 0.416 e. The third-order valence-corrected chi connectivity index (χ3v) is 5.51. The minimum absolute atomic E-state index is 0.0452. The molecule has 1 N–H and O–H groups in total. The Morgan fingerprint density at radius 3 is 2.63 bits per heavy atom. The van der Waals surface area contributed by atoms with Crippen molar-refractivity contribution in [2.45, 2.75) is 31.7 Å². The van der Waals surface area contributed by atoms with E-state index in [9.17, 15) is 18.3 Å². The maximum absolute atomic E-state index is 13.4. The lowest BCUT2D eigenvalue weighted by atomic mass is 9.98. The Balaban J connectivity index is 1.74. The minimum atomic E-state index is -4.39. The highest BCUT2D eigenvalue weighted by molar-refractivity contribution is 5.42. The molecule has 4 nitrogen and oxygen atoms in total. The van der Waals surface area contributed by atoms with Crippen molar-refractivity contribution in [3.63, 3.8) is 0 Å². The van der Waals surface area contributed by atoms with Gasteiger partial charge in [-0.1, -0.05) is 18.2 Å². The summed E-state index contributed by atoms with van der Waals surface area (Å²) in [5.74, 6) is 0.432. The molecule has 0 saturated heterocycles. The van der Waals surface area contributed by atoms with Crippen LogP contribution in [0.1, 0.15) is 34.8 Å². The van der Waals surface area contributed by atoms with Crippen LogP contribution in [0.15, 0.2) is 60.8 Å². The molecule has 7 heteroatoms. The van der Waals surface area contributed by atoms with Gasteiger partial charge in [-0.05, 0) is 53.9 Å². The zero-order valence-electron chi connectivity index (χ0n) is 16.6. The van der Waals surface area contributed by atoms with Crippen molar-refractivity contribution >= 4 is 0 Å². The van der Waals surface area contributed by atoms with Gasteiger partial charge in [0.2, 0.25) is 0 Å². The van der Waals surface area contributed by atoms with E-state index in [1.165, 1.54) is 19.2 Å². The molecular formula is C23H23F3N2O2. The summed E-state index contributed by atoms with van der Waals surface area (Å²) in [5.41, 5.74) is 1.78. The van der Waals surface area contributed by atoms with Gasteiger partial charge in [0.25, 0.3) is 0 Å². The number of rotatable bonds is 4. The molecule has 3 aromatic rings. The van der Waals surface area contributed by atoms with E-state index in [4.69, 9.17) is 4.74 Å². The fraction of sp³-hybridized carbons (Fsp3) is 0.304. The summed E-state index contributed by atoms with van der Waals surface area (Å²) in [4.78, 5) is 2.16. The number of hydrogen-bond acceptors (Lipinski definition) is 3. The van der Waals surface area contributed by atoms with Gasteiger partial charge in [0.05, 0.1) is 18.7 Å². The van der Waals surface area contributed by atoms with Crippen molar-refractivity contribution in [2.75, 3.05) is 13.7 Å². The van der Waals surface area contributed by atoms with Crippen molar-refractivity contribution in [1.82, 2.24) is 9.47 Å². The number of alkyl halides is 3. The average Bonchev–Trinajstić information content (AvgIpc) is 3.09. The van der Waals surface area contributed by atoms with Crippen LogP contribution in [-0.4, -0.2) is 28.2 Å². The van der Waals surface area contributed by atoms with Crippen LogP contribution < -0.4 is 4.74 Å². The summed E-state index contributed by atoms with van der Waals surface area (Å²) < 4.78 is 47.3. The van der Waals surface area contributed by atoms with Gasteiger partial charge in [0.1, 0.15) is 0 Å². The van der Waals surface area contributed by atoms with Gasteiger partial charge in [0, 0.05) is 31.5 Å². The predicted octanol–water partition coefficient (Wildman–Crippen LogP) is 5.22. The van der Waals surface area contributed by atoms with Crippen molar-refractivity contribution in [1.29, 1.82) is 0 Å². The van der Waals surface area contributed by atoms with Crippen LogP contribution in [-0.2, 0) is 19.3 Å². The first-order valence-electron chi connectivity index (χ1n) is 9.79. The van der Waals surface area contributed by atoms with Crippen LogP contribution in [0.5, 0.6) is 11.5 Å². The molecular weight excluding hydrogens is 393 g/mol. The first kappa shape index (κ1) is 20.3. The summed E-state index contributed by atoms with van der Waals surface area (Å²) in [5, 5.41) is 10.1. The monoisotopic (exact) mass is 416 g/mol. The number of phenolic OH excluding ortho intramolecular Hbond substituents is 1. The summed E-state index contributed by atoms with van der Waals surface area (Å²) in [6.45, 7) is 2.02. The second kappa shape index (κ2) is 8.07. The summed E-state index contributed by atoms with van der Waals surface area (Å²) >= 11 is 0. The molecule has 1 aliphatic heterocycles. The quantitative estimate of drug-likeness (QED) is 0.634. The molecule has 0 radical (unpaired) electrons. The molecule has 0 saturated carbocycles. The van der Waals surface area contributed by atoms with Crippen molar-refractivity contribution in [2.24, 2.45) is 0 Å². The molecule has 1 atom stereocenters. The average molecular weight is 416 g/mol. The maximum Gasteiger partial charge on any atom is 0.416 e. The number of nitrogens with zero attached hydrogens (tertiary/aromatic N) is 2. The van der Waals surface area contributed by atoms with Gasteiger partial charge in [-0.25, -0.2) is 0 Å². The van der Waals surface area contributed by atoms with Crippen molar-refractivity contribution < 1.29 is 23.0 Å². The van der Waals surface area contributed by atoms with E-state index in [-0.39, 0.29) is 11.8 Å². The number of methoxy groups -OCH3 is 1. The fourth-order valence-electron chi connectivity index (χ4n) is 4.14. The summed E-state index contributed by atoms with van der Waals surface area (Å²) in [6, 6.07) is 14.3. The Kier molecular flexibility index (Phi) is 5.47. The van der Waals surface area contributed by atoms with Crippen LogP contribution in [0.4, 0.5) is 13.2 Å². The highest BCUT2D eigenvalue weighted by atomic mass is 19.4. The molecule has 0 bridgehead atoms. The van der Waals surface area contributed by atoms with Gasteiger partial charge in [-0.15, -0.1) is 0 Å². The van der Waals surface area contributed by atoms with E-state index in [1.807, 2.05) is 24.4 Å². The molecule has 0 aliphatic carbocycles. The fourth-order valence-corrected chi connectivity index (χ4v) is 4.14. The van der Waals surface area contributed by atoms with E-state index in [2.05, 4.69) is 9.47 Å². The van der Waals surface area contributed by atoms with E-state index in [0.29, 0.717) is 17.9 Å². The standard InChI is InChI=1S/C23H23F3N2O2/c1-30-21-9-8-16(13-20(21)29)15-28-12-4-11-27-10-3-7-19(27)22(28)17-5-2-6-18(14-17)23(24,25)26/h2-3,5-10,13-14,22,29H,4,11-12,15H2,1H3. The largest absolute Gasteiger partial charge is 0.504 e. The van der Waals surface area contributed by atoms with Crippen LogP contribution >= 0.6 is 0 Å². The third-order valence-electron chi connectivity index (χ3n) is 5.51. The molecule has 4 rings (SSSR count). The van der Waals surface area contributed by atoms with Crippen LogP contribution in [0.3, 0.4) is 0 Å². The molecule has 0 amide bonds. The normalized spacial score (nSPS) is 17.4. The highest BCUT2D eigenvalue weighted by Gasteiger charge is 2.33. The van der Waals surface area contributed by atoms with Crippen molar-refractivity contribution in [3.8, 4) is 11.5 Å². The van der Waals surface area contributed by atoms with Gasteiger partial charge in [-0.3, -0.25) is 4.90 Å². The Labute approximate surface area is 173 Å². The van der Waals surface area contributed by atoms with Crippen molar-refractivity contribution in [3.05, 3.63) is 83.2 Å². The number of aromatic nitrogens is 1. The zero-order chi connectivity index (χ0) is 21.3. The number of phenols is 1. The van der Waals surface area contributed by atoms with Crippen LogP contribution in [0.2, 0.25) is 0 Å². The Morgan fingerprint density at radius 2 is 1.90 bits per heavy atom. The highest BCUT2D eigenvalue weighted by Crippen LogP contribution is 2.37. The molecule has 2 aromatic carbocycles. The van der Waals surface area contributed by atoms with Crippen LogP contribution in [0, 0.1) is 0 Å². The van der Waals surface area contributed by atoms with Gasteiger partial charge < -0.3 is 14.4 Å².